The maximum Gasteiger partial charge on any atom is 0.134 e. The SMILES string of the molecule is CCCCCCCCCCC(O)c1cc2ccccc2o1. The minimum atomic E-state index is -0.461. The van der Waals surface area contributed by atoms with E-state index in [4.69, 9.17) is 4.42 Å². The first-order chi connectivity index (χ1) is 10.3. The van der Waals surface area contributed by atoms with E-state index in [2.05, 4.69) is 6.92 Å². The number of unbranched alkanes of at least 4 members (excludes halogenated alkanes) is 7. The van der Waals surface area contributed by atoms with E-state index in [9.17, 15) is 5.11 Å². The molecular formula is C19H28O2. The monoisotopic (exact) mass is 288 g/mol. The van der Waals surface area contributed by atoms with Crippen LogP contribution in [0.25, 0.3) is 11.0 Å². The average molecular weight is 288 g/mol. The van der Waals surface area contributed by atoms with Gasteiger partial charge < -0.3 is 9.52 Å². The molecule has 0 fully saturated rings. The van der Waals surface area contributed by atoms with Gasteiger partial charge in [-0.15, -0.1) is 0 Å². The first-order valence-electron chi connectivity index (χ1n) is 8.48. The van der Waals surface area contributed by atoms with Gasteiger partial charge in [-0.3, -0.25) is 0 Å². The molecule has 0 saturated carbocycles. The molecule has 0 saturated heterocycles. The summed E-state index contributed by atoms with van der Waals surface area (Å²) in [6.45, 7) is 2.25. The van der Waals surface area contributed by atoms with Crippen LogP contribution in [0.4, 0.5) is 0 Å². The molecule has 2 heteroatoms. The maximum atomic E-state index is 10.2. The van der Waals surface area contributed by atoms with E-state index in [0.29, 0.717) is 5.76 Å². The normalized spacial score (nSPS) is 12.9. The van der Waals surface area contributed by atoms with Crippen LogP contribution in [0.15, 0.2) is 34.7 Å². The fourth-order valence-electron chi connectivity index (χ4n) is 2.78. The van der Waals surface area contributed by atoms with E-state index in [1.54, 1.807) is 0 Å². The average Bonchev–Trinajstić information content (AvgIpc) is 2.94. The quantitative estimate of drug-likeness (QED) is 0.544. The predicted octanol–water partition coefficient (Wildman–Crippen LogP) is 6.00. The number of benzene rings is 1. The van der Waals surface area contributed by atoms with Gasteiger partial charge in [-0.2, -0.15) is 0 Å². The Bertz CT molecular complexity index is 482. The molecule has 1 N–H and O–H groups in total. The summed E-state index contributed by atoms with van der Waals surface area (Å²) in [5.74, 6) is 0.708. The molecule has 0 aliphatic rings. The Morgan fingerprint density at radius 2 is 1.62 bits per heavy atom. The Kier molecular flexibility index (Phi) is 6.81. The first-order valence-corrected chi connectivity index (χ1v) is 8.48. The van der Waals surface area contributed by atoms with E-state index < -0.39 is 6.10 Å². The Labute approximate surface area is 128 Å². The van der Waals surface area contributed by atoms with Crippen molar-refractivity contribution >= 4 is 11.0 Å². The largest absolute Gasteiger partial charge is 0.458 e. The van der Waals surface area contributed by atoms with Gasteiger partial charge >= 0.3 is 0 Å². The highest BCUT2D eigenvalue weighted by molar-refractivity contribution is 5.77. The number of para-hydroxylation sites is 1. The standard InChI is InChI=1S/C19H28O2/c1-2-3-4-5-6-7-8-9-13-17(20)19-15-16-12-10-11-14-18(16)21-19/h10-12,14-15,17,20H,2-9,13H2,1H3. The van der Waals surface area contributed by atoms with Crippen molar-refractivity contribution in [2.45, 2.75) is 70.8 Å². The molecule has 0 aliphatic heterocycles. The third kappa shape index (κ3) is 5.20. The Hall–Kier alpha value is -1.28. The lowest BCUT2D eigenvalue weighted by Crippen LogP contribution is -1.95. The minimum absolute atomic E-state index is 0.461. The van der Waals surface area contributed by atoms with Gasteiger partial charge in [0.2, 0.25) is 0 Å². The summed E-state index contributed by atoms with van der Waals surface area (Å²) in [6.07, 6.45) is 10.7. The molecule has 0 spiro atoms. The van der Waals surface area contributed by atoms with Crippen molar-refractivity contribution in [3.63, 3.8) is 0 Å². The van der Waals surface area contributed by atoms with Gasteiger partial charge in [-0.25, -0.2) is 0 Å². The van der Waals surface area contributed by atoms with E-state index in [-0.39, 0.29) is 0 Å². The second-order valence-corrected chi connectivity index (χ2v) is 5.97. The summed E-state index contributed by atoms with van der Waals surface area (Å²) in [4.78, 5) is 0. The van der Waals surface area contributed by atoms with Crippen LogP contribution in [0.1, 0.15) is 76.6 Å². The van der Waals surface area contributed by atoms with E-state index in [0.717, 1.165) is 23.8 Å². The topological polar surface area (TPSA) is 33.4 Å². The summed E-state index contributed by atoms with van der Waals surface area (Å²) >= 11 is 0. The number of aliphatic hydroxyl groups is 1. The molecule has 1 atom stereocenters. The first kappa shape index (κ1) is 16.1. The summed E-state index contributed by atoms with van der Waals surface area (Å²) < 4.78 is 5.70. The highest BCUT2D eigenvalue weighted by Crippen LogP contribution is 2.26. The van der Waals surface area contributed by atoms with Crippen LogP contribution in [0.2, 0.25) is 0 Å². The molecule has 1 unspecified atom stereocenters. The number of hydrogen-bond donors (Lipinski definition) is 1. The fraction of sp³-hybridized carbons (Fsp3) is 0.579. The lowest BCUT2D eigenvalue weighted by molar-refractivity contribution is 0.139. The zero-order valence-electron chi connectivity index (χ0n) is 13.2. The van der Waals surface area contributed by atoms with Crippen molar-refractivity contribution < 1.29 is 9.52 Å². The molecule has 2 nitrogen and oxygen atoms in total. The predicted molar refractivity (Wildman–Crippen MR) is 88.4 cm³/mol. The van der Waals surface area contributed by atoms with Crippen molar-refractivity contribution in [3.8, 4) is 0 Å². The molecule has 1 aromatic heterocycles. The molecule has 0 bridgehead atoms. The molecule has 21 heavy (non-hydrogen) atoms. The molecule has 2 rings (SSSR count). The number of rotatable bonds is 10. The Balaban J connectivity index is 1.64. The van der Waals surface area contributed by atoms with Gasteiger partial charge in [0.15, 0.2) is 0 Å². The van der Waals surface area contributed by atoms with Gasteiger partial charge in [0.05, 0.1) is 0 Å². The molecular weight excluding hydrogens is 260 g/mol. The third-order valence-corrected chi connectivity index (χ3v) is 4.10. The van der Waals surface area contributed by atoms with Crippen molar-refractivity contribution in [1.82, 2.24) is 0 Å². The summed E-state index contributed by atoms with van der Waals surface area (Å²) in [6, 6.07) is 9.88. The molecule has 2 aromatic rings. The van der Waals surface area contributed by atoms with Gasteiger partial charge in [0.1, 0.15) is 17.4 Å². The minimum Gasteiger partial charge on any atom is -0.458 e. The summed E-state index contributed by atoms with van der Waals surface area (Å²) in [5, 5.41) is 11.3. The van der Waals surface area contributed by atoms with Crippen LogP contribution in [0.3, 0.4) is 0 Å². The zero-order chi connectivity index (χ0) is 14.9. The van der Waals surface area contributed by atoms with E-state index in [1.807, 2.05) is 30.3 Å². The Morgan fingerprint density at radius 1 is 0.952 bits per heavy atom. The van der Waals surface area contributed by atoms with Gasteiger partial charge in [-0.1, -0.05) is 76.5 Å². The second-order valence-electron chi connectivity index (χ2n) is 5.97. The van der Waals surface area contributed by atoms with Gasteiger partial charge in [0, 0.05) is 5.39 Å². The number of fused-ring (bicyclic) bond motifs is 1. The molecule has 0 aliphatic carbocycles. The van der Waals surface area contributed by atoms with Crippen LogP contribution < -0.4 is 0 Å². The highest BCUT2D eigenvalue weighted by atomic mass is 16.4. The van der Waals surface area contributed by atoms with Crippen LogP contribution in [-0.4, -0.2) is 5.11 Å². The molecule has 116 valence electrons. The Morgan fingerprint density at radius 3 is 2.33 bits per heavy atom. The van der Waals surface area contributed by atoms with E-state index >= 15 is 0 Å². The van der Waals surface area contributed by atoms with Gasteiger partial charge in [0.25, 0.3) is 0 Å². The molecule has 1 aromatic carbocycles. The number of furan rings is 1. The lowest BCUT2D eigenvalue weighted by atomic mass is 10.0. The van der Waals surface area contributed by atoms with Crippen LogP contribution in [0, 0.1) is 0 Å². The van der Waals surface area contributed by atoms with Crippen LogP contribution in [-0.2, 0) is 0 Å². The van der Waals surface area contributed by atoms with Crippen LogP contribution in [0.5, 0.6) is 0 Å². The summed E-state index contributed by atoms with van der Waals surface area (Å²) in [5.41, 5.74) is 0.863. The molecule has 0 amide bonds. The third-order valence-electron chi connectivity index (χ3n) is 4.10. The smallest absolute Gasteiger partial charge is 0.134 e. The van der Waals surface area contributed by atoms with Gasteiger partial charge in [-0.05, 0) is 18.6 Å². The summed E-state index contributed by atoms with van der Waals surface area (Å²) in [7, 11) is 0. The molecule has 1 heterocycles. The van der Waals surface area contributed by atoms with Crippen molar-refractivity contribution in [3.05, 3.63) is 36.1 Å². The fourth-order valence-corrected chi connectivity index (χ4v) is 2.78. The van der Waals surface area contributed by atoms with E-state index in [1.165, 1.54) is 44.9 Å². The van der Waals surface area contributed by atoms with Crippen molar-refractivity contribution in [2.75, 3.05) is 0 Å². The number of aliphatic hydroxyl groups excluding tert-OH is 1. The second kappa shape index (κ2) is 8.89. The highest BCUT2D eigenvalue weighted by Gasteiger charge is 2.12. The maximum absolute atomic E-state index is 10.2. The lowest BCUT2D eigenvalue weighted by Gasteiger charge is -2.07. The number of hydrogen-bond acceptors (Lipinski definition) is 2. The van der Waals surface area contributed by atoms with Crippen molar-refractivity contribution in [1.29, 1.82) is 0 Å². The zero-order valence-corrected chi connectivity index (χ0v) is 13.2. The van der Waals surface area contributed by atoms with Crippen LogP contribution >= 0.6 is 0 Å². The van der Waals surface area contributed by atoms with Crippen molar-refractivity contribution in [2.24, 2.45) is 0 Å². The molecule has 0 radical (unpaired) electrons.